The number of fused-ring (bicyclic) bond motifs is 2. The van der Waals surface area contributed by atoms with Crippen molar-refractivity contribution in [3.63, 3.8) is 0 Å². The highest BCUT2D eigenvalue weighted by Gasteiger charge is 2.42. The lowest BCUT2D eigenvalue weighted by Crippen LogP contribution is -2.50. The molecule has 386 valence electrons. The first-order valence-corrected chi connectivity index (χ1v) is 26.7. The summed E-state index contributed by atoms with van der Waals surface area (Å²) in [5.41, 5.74) is 3.71. The molecule has 0 spiro atoms. The quantitative estimate of drug-likeness (QED) is 0.179. The summed E-state index contributed by atoms with van der Waals surface area (Å²) in [6, 6.07) is 9.64. The molecule has 2 aromatic carbocycles. The molecule has 0 bridgehead atoms. The summed E-state index contributed by atoms with van der Waals surface area (Å²) in [5, 5.41) is 6.05. The lowest BCUT2D eigenvalue weighted by molar-refractivity contribution is -0.145. The van der Waals surface area contributed by atoms with E-state index in [2.05, 4.69) is 48.1 Å². The molecule has 2 aromatic rings. The van der Waals surface area contributed by atoms with Gasteiger partial charge in [0, 0.05) is 80.6 Å². The summed E-state index contributed by atoms with van der Waals surface area (Å²) in [6.45, 7) is 16.8. The van der Waals surface area contributed by atoms with Crippen LogP contribution in [0.3, 0.4) is 0 Å². The topological polar surface area (TPSA) is 133 Å². The van der Waals surface area contributed by atoms with Crippen molar-refractivity contribution in [1.29, 1.82) is 0 Å². The Labute approximate surface area is 415 Å². The third-order valence-electron chi connectivity index (χ3n) is 16.1. The number of likely N-dealkylation sites (tertiary alicyclic amines) is 1. The molecule has 9 rings (SSSR count). The first-order chi connectivity index (χ1) is 33.5. The molecule has 4 heterocycles. The monoisotopic (exact) mass is 975 g/mol. The zero-order chi connectivity index (χ0) is 49.6. The molecule has 4 aliphatic heterocycles. The molecule has 4 atom stereocenters. The van der Waals surface area contributed by atoms with E-state index in [1.807, 2.05) is 19.1 Å². The maximum atomic E-state index is 14.0. The van der Waals surface area contributed by atoms with Crippen molar-refractivity contribution in [2.75, 3.05) is 75.4 Å². The zero-order valence-electron chi connectivity index (χ0n) is 42.6. The number of nitrogens with zero attached hydrogens (tertiary/aromatic N) is 4. The van der Waals surface area contributed by atoms with Gasteiger partial charge in [-0.05, 0) is 104 Å². The fourth-order valence-corrected chi connectivity index (χ4v) is 12.0. The van der Waals surface area contributed by atoms with Crippen LogP contribution in [0.25, 0.3) is 0 Å². The lowest BCUT2D eigenvalue weighted by Gasteiger charge is -2.35. The van der Waals surface area contributed by atoms with E-state index >= 15 is 0 Å². The van der Waals surface area contributed by atoms with Crippen LogP contribution in [0.1, 0.15) is 142 Å². The highest BCUT2D eigenvalue weighted by molar-refractivity contribution is 5.84. The van der Waals surface area contributed by atoms with E-state index in [9.17, 15) is 28.0 Å². The van der Waals surface area contributed by atoms with Crippen LogP contribution >= 0.6 is 0 Å². The Balaban J connectivity index is 0.000000190. The van der Waals surface area contributed by atoms with Crippen LogP contribution in [-0.4, -0.2) is 124 Å². The van der Waals surface area contributed by atoms with E-state index < -0.39 is 24.4 Å². The summed E-state index contributed by atoms with van der Waals surface area (Å²) < 4.78 is 44.8. The molecule has 4 amide bonds. The van der Waals surface area contributed by atoms with Gasteiger partial charge in [0.15, 0.2) is 12.2 Å². The second kappa shape index (κ2) is 22.8. The lowest BCUT2D eigenvalue weighted by atomic mass is 9.85. The van der Waals surface area contributed by atoms with E-state index in [1.165, 1.54) is 50.7 Å². The van der Waals surface area contributed by atoms with E-state index in [-0.39, 0.29) is 46.4 Å². The third kappa shape index (κ3) is 13.2. The molecule has 13 nitrogen and oxygen atoms in total. The van der Waals surface area contributed by atoms with Gasteiger partial charge in [0.1, 0.15) is 11.6 Å². The van der Waals surface area contributed by atoms with Crippen LogP contribution in [0, 0.1) is 29.4 Å². The van der Waals surface area contributed by atoms with E-state index in [4.69, 9.17) is 14.2 Å². The van der Waals surface area contributed by atoms with Crippen LogP contribution in [0.15, 0.2) is 36.4 Å². The van der Waals surface area contributed by atoms with Gasteiger partial charge in [0.25, 0.3) is 11.8 Å². The largest absolute Gasteiger partial charge is 0.436 e. The van der Waals surface area contributed by atoms with Crippen molar-refractivity contribution in [2.45, 2.75) is 166 Å². The van der Waals surface area contributed by atoms with Crippen molar-refractivity contribution in [3.05, 3.63) is 59.2 Å². The Morgan fingerprint density at radius 2 is 1.09 bits per heavy atom. The number of morpholine rings is 1. The molecule has 0 unspecified atom stereocenters. The zero-order valence-corrected chi connectivity index (χ0v) is 42.6. The summed E-state index contributed by atoms with van der Waals surface area (Å²) >= 11 is 0. The minimum atomic E-state index is -0.754. The fourth-order valence-electron chi connectivity index (χ4n) is 12.0. The number of hydrogen-bond acceptors (Lipinski definition) is 9. The number of nitrogens with one attached hydrogen (secondary N) is 2. The average molecular weight is 975 g/mol. The number of benzene rings is 2. The predicted octanol–water partition coefficient (Wildman–Crippen LogP) is 9.24. The number of halogens is 2. The fraction of sp³-hybridized carbons (Fsp3) is 0.709. The Bertz CT molecular complexity index is 2130. The van der Waals surface area contributed by atoms with E-state index in [0.29, 0.717) is 70.0 Å². The standard InChI is InChI=1S/C29H42FN3O4.C26H38FN3O3/c1-29(2)19-33(25-11-10-22(30)17-23(25)29)18-24(21-8-9-21)31-28(35)37-26(16-20-6-4-3-5-7-20)27(34)32-12-14-36-15-13-32;1-18(16-30-17-26(2,3)21-15-20(27)10-11-22(21)30)28-25(32)33-23(24(31)29-12-7-13-29)14-19-8-5-4-6-9-19/h10-11,17,20-21,24,26H,3-9,12-16,18-19H2,1-2H3,(H,31,35);10-11,15,18-19,23H,4-9,12-14,16-17H2,1-3H3,(H,28,32)/t24-,26+;18-,23-/m10/s1. The van der Waals surface area contributed by atoms with Crippen LogP contribution in [0.2, 0.25) is 0 Å². The van der Waals surface area contributed by atoms with Gasteiger partial charge in [0.05, 0.1) is 19.3 Å². The molecule has 3 saturated carbocycles. The van der Waals surface area contributed by atoms with Gasteiger partial charge < -0.3 is 44.4 Å². The molecular formula is C55H80F2N6O7. The van der Waals surface area contributed by atoms with Crippen LogP contribution in [0.4, 0.5) is 29.7 Å². The highest BCUT2D eigenvalue weighted by Crippen LogP contribution is 2.43. The van der Waals surface area contributed by atoms with Crippen molar-refractivity contribution in [1.82, 2.24) is 20.4 Å². The molecular weight excluding hydrogens is 895 g/mol. The SMILES string of the molecule is CC1(C)CN(C[C@@H](NC(=O)O[C@@H](CC2CCCCC2)C(=O)N2CCOCC2)C2CC2)c2ccc(F)cc21.C[C@@H](CN1CC(C)(C)c2cc(F)ccc21)NC(=O)O[C@@H](CC1CCCCC1)C(=O)N1CCC1. The van der Waals surface area contributed by atoms with Gasteiger partial charge >= 0.3 is 12.2 Å². The first kappa shape index (κ1) is 51.7. The second-order valence-corrected chi connectivity index (χ2v) is 22.9. The molecule has 15 heteroatoms. The van der Waals surface area contributed by atoms with Crippen LogP contribution in [-0.2, 0) is 34.6 Å². The normalized spacial score (nSPS) is 22.6. The predicted molar refractivity (Wildman–Crippen MR) is 267 cm³/mol. The summed E-state index contributed by atoms with van der Waals surface area (Å²) in [7, 11) is 0. The Morgan fingerprint density at radius 1 is 0.629 bits per heavy atom. The number of anilines is 2. The Hall–Kier alpha value is -4.66. The summed E-state index contributed by atoms with van der Waals surface area (Å²) in [6.07, 6.45) is 13.5. The third-order valence-corrected chi connectivity index (χ3v) is 16.1. The number of carbonyl (C=O) groups is 4. The van der Waals surface area contributed by atoms with Gasteiger partial charge in [-0.1, -0.05) is 91.9 Å². The van der Waals surface area contributed by atoms with Crippen LogP contribution < -0.4 is 20.4 Å². The Kier molecular flexibility index (Phi) is 16.9. The first-order valence-electron chi connectivity index (χ1n) is 26.7. The van der Waals surface area contributed by atoms with E-state index in [0.717, 1.165) is 93.6 Å². The second-order valence-electron chi connectivity index (χ2n) is 22.9. The molecule has 0 radical (unpaired) electrons. The molecule has 70 heavy (non-hydrogen) atoms. The van der Waals surface area contributed by atoms with Crippen LogP contribution in [0.5, 0.6) is 0 Å². The molecule has 2 N–H and O–H groups in total. The minimum absolute atomic E-state index is 0.0492. The van der Waals surface area contributed by atoms with Crippen molar-refractivity contribution >= 4 is 35.4 Å². The average Bonchev–Trinajstić information content (AvgIpc) is 4.09. The Morgan fingerprint density at radius 3 is 1.54 bits per heavy atom. The van der Waals surface area contributed by atoms with Gasteiger partial charge in [0.2, 0.25) is 0 Å². The van der Waals surface area contributed by atoms with Crippen molar-refractivity contribution in [3.8, 4) is 0 Å². The molecule has 2 saturated heterocycles. The molecule has 0 aromatic heterocycles. The summed E-state index contributed by atoms with van der Waals surface area (Å²) in [5.74, 6) is 0.669. The molecule has 3 aliphatic carbocycles. The number of alkyl carbamates (subject to hydrolysis) is 2. The van der Waals surface area contributed by atoms with Gasteiger partial charge in [-0.25, -0.2) is 18.4 Å². The number of rotatable bonds is 15. The number of carbonyl (C=O) groups excluding carboxylic acids is 4. The van der Waals surface area contributed by atoms with E-state index in [1.54, 1.807) is 21.9 Å². The molecule has 5 fully saturated rings. The van der Waals surface area contributed by atoms with Gasteiger partial charge in [-0.2, -0.15) is 0 Å². The maximum Gasteiger partial charge on any atom is 0.408 e. The number of ether oxygens (including phenoxy) is 3. The smallest absolute Gasteiger partial charge is 0.408 e. The van der Waals surface area contributed by atoms with Gasteiger partial charge in [-0.3, -0.25) is 9.59 Å². The number of hydrogen-bond donors (Lipinski definition) is 2. The van der Waals surface area contributed by atoms with Crippen molar-refractivity contribution in [2.24, 2.45) is 17.8 Å². The van der Waals surface area contributed by atoms with Crippen molar-refractivity contribution < 1.29 is 42.2 Å². The number of amides is 4. The minimum Gasteiger partial charge on any atom is -0.436 e. The highest BCUT2D eigenvalue weighted by atomic mass is 19.1. The summed E-state index contributed by atoms with van der Waals surface area (Å²) in [4.78, 5) is 60.3. The molecule has 7 aliphatic rings. The van der Waals surface area contributed by atoms with Gasteiger partial charge in [-0.15, -0.1) is 0 Å². The maximum absolute atomic E-state index is 14.0.